The molecule has 84 valence electrons. The molecule has 4 atom stereocenters. The van der Waals surface area contributed by atoms with Crippen molar-refractivity contribution >= 4 is 10.8 Å². The van der Waals surface area contributed by atoms with Crippen molar-refractivity contribution in [1.29, 1.82) is 0 Å². The zero-order valence-electron chi connectivity index (χ0n) is 9.58. The number of rotatable bonds is 4. The molecular weight excluding hydrogens is 194 g/mol. The summed E-state index contributed by atoms with van der Waals surface area (Å²) in [6, 6.07) is 0.382. The molecule has 0 aromatic heterocycles. The van der Waals surface area contributed by atoms with Gasteiger partial charge < -0.3 is 5.32 Å². The standard InChI is InChI=1S/C11H23NOS/c1-9-5-4-6-11(7-9)14(13)8-10(2)12-3/h9-12H,4-8H2,1-3H3. The van der Waals surface area contributed by atoms with Gasteiger partial charge in [0, 0.05) is 27.8 Å². The highest BCUT2D eigenvalue weighted by atomic mass is 32.2. The molecule has 1 rings (SSSR count). The van der Waals surface area contributed by atoms with E-state index in [0.717, 1.165) is 11.7 Å². The van der Waals surface area contributed by atoms with E-state index in [-0.39, 0.29) is 0 Å². The van der Waals surface area contributed by atoms with E-state index in [1.165, 1.54) is 25.7 Å². The number of hydrogen-bond donors (Lipinski definition) is 1. The first-order valence-electron chi connectivity index (χ1n) is 5.68. The van der Waals surface area contributed by atoms with Gasteiger partial charge in [-0.25, -0.2) is 0 Å². The maximum Gasteiger partial charge on any atom is 0.0388 e. The molecule has 14 heavy (non-hydrogen) atoms. The Hall–Kier alpha value is 0.110. The maximum absolute atomic E-state index is 12.0. The van der Waals surface area contributed by atoms with E-state index in [2.05, 4.69) is 19.2 Å². The van der Waals surface area contributed by atoms with Gasteiger partial charge in [0.1, 0.15) is 0 Å². The fourth-order valence-electron chi connectivity index (χ4n) is 2.08. The average molecular weight is 217 g/mol. The van der Waals surface area contributed by atoms with Crippen molar-refractivity contribution in [3.8, 4) is 0 Å². The lowest BCUT2D eigenvalue weighted by molar-refractivity contribution is 0.388. The van der Waals surface area contributed by atoms with E-state index >= 15 is 0 Å². The first kappa shape index (κ1) is 12.2. The molecule has 1 aliphatic carbocycles. The van der Waals surface area contributed by atoms with Crippen LogP contribution in [0.5, 0.6) is 0 Å². The highest BCUT2D eigenvalue weighted by Crippen LogP contribution is 2.27. The van der Waals surface area contributed by atoms with Gasteiger partial charge in [-0.2, -0.15) is 0 Å². The highest BCUT2D eigenvalue weighted by Gasteiger charge is 2.24. The lowest BCUT2D eigenvalue weighted by Gasteiger charge is -2.26. The van der Waals surface area contributed by atoms with Crippen LogP contribution in [0.3, 0.4) is 0 Å². The Morgan fingerprint density at radius 3 is 2.79 bits per heavy atom. The normalized spacial score (nSPS) is 32.5. The third-order valence-electron chi connectivity index (χ3n) is 3.17. The van der Waals surface area contributed by atoms with Crippen molar-refractivity contribution < 1.29 is 4.21 Å². The van der Waals surface area contributed by atoms with Crippen LogP contribution < -0.4 is 5.32 Å². The lowest BCUT2D eigenvalue weighted by Crippen LogP contribution is -2.33. The molecule has 0 bridgehead atoms. The molecule has 0 aliphatic heterocycles. The molecule has 1 aliphatic rings. The van der Waals surface area contributed by atoms with Crippen LogP contribution >= 0.6 is 0 Å². The third kappa shape index (κ3) is 3.70. The molecule has 1 fully saturated rings. The van der Waals surface area contributed by atoms with Gasteiger partial charge in [0.25, 0.3) is 0 Å². The largest absolute Gasteiger partial charge is 0.316 e. The first-order chi connectivity index (χ1) is 6.63. The Labute approximate surface area is 90.3 Å². The first-order valence-corrected chi connectivity index (χ1v) is 7.06. The molecule has 0 amide bonds. The van der Waals surface area contributed by atoms with Crippen molar-refractivity contribution in [2.75, 3.05) is 12.8 Å². The SMILES string of the molecule is CNC(C)CS(=O)C1CCCC(C)C1. The van der Waals surface area contributed by atoms with Crippen LogP contribution in [0.25, 0.3) is 0 Å². The van der Waals surface area contributed by atoms with Crippen molar-refractivity contribution in [3.63, 3.8) is 0 Å². The summed E-state index contributed by atoms with van der Waals surface area (Å²) >= 11 is 0. The van der Waals surface area contributed by atoms with E-state index in [1.54, 1.807) is 0 Å². The van der Waals surface area contributed by atoms with Crippen LogP contribution in [-0.2, 0) is 10.8 Å². The highest BCUT2D eigenvalue weighted by molar-refractivity contribution is 7.85. The van der Waals surface area contributed by atoms with Crippen LogP contribution in [0, 0.1) is 5.92 Å². The van der Waals surface area contributed by atoms with Crippen molar-refractivity contribution in [2.45, 2.75) is 50.8 Å². The molecule has 2 nitrogen and oxygen atoms in total. The topological polar surface area (TPSA) is 29.1 Å². The second-order valence-electron chi connectivity index (χ2n) is 4.63. The third-order valence-corrected chi connectivity index (χ3v) is 5.17. The Bertz CT molecular complexity index is 196. The van der Waals surface area contributed by atoms with Gasteiger partial charge in [0.15, 0.2) is 0 Å². The summed E-state index contributed by atoms with van der Waals surface area (Å²) in [6.45, 7) is 4.38. The molecule has 0 saturated heterocycles. The van der Waals surface area contributed by atoms with E-state index in [9.17, 15) is 4.21 Å². The van der Waals surface area contributed by atoms with E-state index in [0.29, 0.717) is 11.3 Å². The number of hydrogen-bond acceptors (Lipinski definition) is 2. The molecule has 0 radical (unpaired) electrons. The molecule has 0 aromatic carbocycles. The van der Waals surface area contributed by atoms with Gasteiger partial charge in [-0.3, -0.25) is 4.21 Å². The summed E-state index contributed by atoms with van der Waals surface area (Å²) in [5, 5.41) is 3.62. The lowest BCUT2D eigenvalue weighted by atomic mass is 9.91. The van der Waals surface area contributed by atoms with Gasteiger partial charge in [-0.05, 0) is 32.7 Å². The predicted octanol–water partition coefficient (Wildman–Crippen LogP) is 1.92. The summed E-state index contributed by atoms with van der Waals surface area (Å²) < 4.78 is 12.0. The Balaban J connectivity index is 2.36. The Kier molecular flexibility index (Phi) is 5.10. The second-order valence-corrected chi connectivity index (χ2v) is 6.39. The summed E-state index contributed by atoms with van der Waals surface area (Å²) in [6.07, 6.45) is 4.94. The fraction of sp³-hybridized carbons (Fsp3) is 1.00. The maximum atomic E-state index is 12.0. The summed E-state index contributed by atoms with van der Waals surface area (Å²) in [4.78, 5) is 0. The van der Waals surface area contributed by atoms with E-state index in [1.807, 2.05) is 7.05 Å². The van der Waals surface area contributed by atoms with Crippen LogP contribution in [0.2, 0.25) is 0 Å². The van der Waals surface area contributed by atoms with Crippen LogP contribution in [0.4, 0.5) is 0 Å². The summed E-state index contributed by atoms with van der Waals surface area (Å²) in [7, 11) is 1.32. The van der Waals surface area contributed by atoms with Gasteiger partial charge in [0.05, 0.1) is 0 Å². The monoisotopic (exact) mass is 217 g/mol. The number of nitrogens with one attached hydrogen (secondary N) is 1. The van der Waals surface area contributed by atoms with Crippen LogP contribution in [-0.4, -0.2) is 28.3 Å². The quantitative estimate of drug-likeness (QED) is 0.779. The molecule has 4 unspecified atom stereocenters. The smallest absolute Gasteiger partial charge is 0.0388 e. The van der Waals surface area contributed by atoms with Gasteiger partial charge >= 0.3 is 0 Å². The average Bonchev–Trinajstić information content (AvgIpc) is 2.17. The van der Waals surface area contributed by atoms with E-state index in [4.69, 9.17) is 0 Å². The fourth-order valence-corrected chi connectivity index (χ4v) is 3.99. The van der Waals surface area contributed by atoms with Crippen LogP contribution in [0.15, 0.2) is 0 Å². The van der Waals surface area contributed by atoms with Crippen molar-refractivity contribution in [1.82, 2.24) is 5.32 Å². The molecule has 3 heteroatoms. The molecule has 0 spiro atoms. The predicted molar refractivity (Wildman–Crippen MR) is 63.0 cm³/mol. The van der Waals surface area contributed by atoms with Crippen molar-refractivity contribution in [3.05, 3.63) is 0 Å². The summed E-state index contributed by atoms with van der Waals surface area (Å²) in [5.41, 5.74) is 0. The van der Waals surface area contributed by atoms with Crippen LogP contribution in [0.1, 0.15) is 39.5 Å². The van der Waals surface area contributed by atoms with Gasteiger partial charge in [-0.15, -0.1) is 0 Å². The minimum atomic E-state index is -0.620. The zero-order chi connectivity index (χ0) is 10.6. The second kappa shape index (κ2) is 5.86. The Morgan fingerprint density at radius 1 is 1.50 bits per heavy atom. The zero-order valence-corrected chi connectivity index (χ0v) is 10.4. The van der Waals surface area contributed by atoms with Gasteiger partial charge in [0.2, 0.25) is 0 Å². The molecule has 1 saturated carbocycles. The summed E-state index contributed by atoms with van der Waals surface area (Å²) in [5.74, 6) is 1.59. The van der Waals surface area contributed by atoms with Gasteiger partial charge in [-0.1, -0.05) is 19.8 Å². The molecule has 0 heterocycles. The molecule has 0 aromatic rings. The van der Waals surface area contributed by atoms with E-state index < -0.39 is 10.8 Å². The minimum absolute atomic E-state index is 0.382. The molecule has 1 N–H and O–H groups in total. The van der Waals surface area contributed by atoms with Crippen molar-refractivity contribution in [2.24, 2.45) is 5.92 Å². The Morgan fingerprint density at radius 2 is 2.21 bits per heavy atom. The minimum Gasteiger partial charge on any atom is -0.316 e. The molecular formula is C11H23NOS.